The predicted molar refractivity (Wildman–Crippen MR) is 126 cm³/mol. The van der Waals surface area contributed by atoms with E-state index in [2.05, 4.69) is 20.3 Å². The summed E-state index contributed by atoms with van der Waals surface area (Å²) in [6.45, 7) is 0.762. The van der Waals surface area contributed by atoms with Crippen LogP contribution >= 0.6 is 11.3 Å². The Morgan fingerprint density at radius 1 is 1.17 bits per heavy atom. The average Bonchev–Trinajstić information content (AvgIpc) is 3.34. The summed E-state index contributed by atoms with van der Waals surface area (Å²) in [7, 11) is 0. The van der Waals surface area contributed by atoms with Gasteiger partial charge in [-0.15, -0.1) is 11.3 Å². The average molecular weight is 525 g/mol. The van der Waals surface area contributed by atoms with E-state index in [1.165, 1.54) is 6.20 Å². The van der Waals surface area contributed by atoms with E-state index in [4.69, 9.17) is 0 Å². The van der Waals surface area contributed by atoms with Gasteiger partial charge >= 0.3 is 12.1 Å². The Morgan fingerprint density at radius 3 is 2.53 bits per heavy atom. The SMILES string of the molecule is Cc1cc(Nc2nccc(C(F)(F)F)n2)cc(-c2cnc([C@](O)(CF)[C@H]3CC[C@H](C(=O)O)CC3)s2)c1. The maximum atomic E-state index is 14.2. The molecule has 12 heteroatoms. The van der Waals surface area contributed by atoms with Gasteiger partial charge in [-0.05, 0) is 67.9 Å². The number of carboxylic acids is 1. The van der Waals surface area contributed by atoms with Crippen LogP contribution in [0.15, 0.2) is 36.7 Å². The molecule has 0 bridgehead atoms. The molecule has 2 heterocycles. The van der Waals surface area contributed by atoms with Crippen LogP contribution < -0.4 is 5.32 Å². The van der Waals surface area contributed by atoms with Gasteiger partial charge in [-0.25, -0.2) is 19.3 Å². The van der Waals surface area contributed by atoms with Crippen molar-refractivity contribution < 1.29 is 32.6 Å². The van der Waals surface area contributed by atoms with Crippen molar-refractivity contribution in [3.8, 4) is 10.4 Å². The van der Waals surface area contributed by atoms with Crippen molar-refractivity contribution in [2.24, 2.45) is 11.8 Å². The van der Waals surface area contributed by atoms with Crippen LogP contribution in [0.5, 0.6) is 0 Å². The van der Waals surface area contributed by atoms with Crippen LogP contribution in [0.4, 0.5) is 29.2 Å². The summed E-state index contributed by atoms with van der Waals surface area (Å²) in [6.07, 6.45) is -0.578. The first-order chi connectivity index (χ1) is 17.0. The standard InChI is InChI=1S/C24H24F4N4O3S/c1-13-8-15(10-17(9-13)31-22-29-7-6-19(32-22)24(26,27)28)18-11-30-21(36-18)23(35,12-25)16-4-2-14(3-5-16)20(33)34/h6-11,14,16,35H,2-5,12H2,1H3,(H,33,34)(H,29,31,32)/t14-,16-,23-/m0/s1. The fourth-order valence-corrected chi connectivity index (χ4v) is 5.52. The normalized spacial score (nSPS) is 20.1. The molecular formula is C24H24F4N4O3S. The molecule has 0 unspecified atom stereocenters. The Balaban J connectivity index is 1.57. The zero-order chi connectivity index (χ0) is 26.1. The second-order valence-electron chi connectivity index (χ2n) is 8.95. The Kier molecular flexibility index (Phi) is 7.28. The molecule has 1 aromatic carbocycles. The maximum absolute atomic E-state index is 14.2. The number of thiazole rings is 1. The van der Waals surface area contributed by atoms with Gasteiger partial charge in [0.15, 0.2) is 0 Å². The van der Waals surface area contributed by atoms with Crippen LogP contribution in [-0.4, -0.2) is 37.8 Å². The molecule has 0 amide bonds. The van der Waals surface area contributed by atoms with Crippen LogP contribution in [0.2, 0.25) is 0 Å². The number of carboxylic acid groups (broad SMARTS) is 1. The Morgan fingerprint density at radius 2 is 1.89 bits per heavy atom. The van der Waals surface area contributed by atoms with Gasteiger partial charge in [0.05, 0.1) is 10.8 Å². The molecule has 0 aliphatic heterocycles. The van der Waals surface area contributed by atoms with Crippen molar-refractivity contribution in [3.05, 3.63) is 52.9 Å². The van der Waals surface area contributed by atoms with Crippen molar-refractivity contribution in [1.29, 1.82) is 0 Å². The number of aryl methyl sites for hydroxylation is 1. The van der Waals surface area contributed by atoms with Crippen molar-refractivity contribution in [2.45, 2.75) is 44.4 Å². The van der Waals surface area contributed by atoms with E-state index in [-0.39, 0.29) is 11.0 Å². The minimum Gasteiger partial charge on any atom is -0.481 e. The molecule has 0 saturated heterocycles. The van der Waals surface area contributed by atoms with Gasteiger partial charge in [0.2, 0.25) is 5.95 Å². The summed E-state index contributed by atoms with van der Waals surface area (Å²) in [5, 5.41) is 23.4. The molecule has 0 radical (unpaired) electrons. The molecule has 1 fully saturated rings. The van der Waals surface area contributed by atoms with Crippen molar-refractivity contribution >= 4 is 28.9 Å². The number of nitrogens with zero attached hydrogens (tertiary/aromatic N) is 3. The van der Waals surface area contributed by atoms with Gasteiger partial charge < -0.3 is 15.5 Å². The molecule has 1 aliphatic carbocycles. The third-order valence-corrected chi connectivity index (χ3v) is 7.61. The molecule has 192 valence electrons. The summed E-state index contributed by atoms with van der Waals surface area (Å²) in [4.78, 5) is 23.5. The zero-order valence-electron chi connectivity index (χ0n) is 19.2. The van der Waals surface area contributed by atoms with Gasteiger partial charge in [0, 0.05) is 18.1 Å². The monoisotopic (exact) mass is 524 g/mol. The van der Waals surface area contributed by atoms with Gasteiger partial charge in [0.25, 0.3) is 0 Å². The second-order valence-corrected chi connectivity index (χ2v) is 9.98. The summed E-state index contributed by atoms with van der Waals surface area (Å²) in [5.74, 6) is -2.04. The highest BCUT2D eigenvalue weighted by Gasteiger charge is 2.44. The number of alkyl halides is 4. The molecule has 0 spiro atoms. The topological polar surface area (TPSA) is 108 Å². The van der Waals surface area contributed by atoms with E-state index in [1.54, 1.807) is 12.1 Å². The van der Waals surface area contributed by atoms with E-state index in [1.807, 2.05) is 13.0 Å². The van der Waals surface area contributed by atoms with Crippen LogP contribution in [0.1, 0.15) is 41.9 Å². The van der Waals surface area contributed by atoms with Crippen LogP contribution in [0.25, 0.3) is 10.4 Å². The molecule has 4 rings (SSSR count). The summed E-state index contributed by atoms with van der Waals surface area (Å²) in [5.41, 5.74) is -0.966. The number of aliphatic carboxylic acids is 1. The minimum absolute atomic E-state index is 0.205. The lowest BCUT2D eigenvalue weighted by atomic mass is 9.74. The Bertz CT molecular complexity index is 1240. The Hall–Kier alpha value is -3.12. The van der Waals surface area contributed by atoms with E-state index < -0.39 is 42.0 Å². The summed E-state index contributed by atoms with van der Waals surface area (Å²) in [6, 6.07) is 6.02. The van der Waals surface area contributed by atoms with Crippen LogP contribution in [0, 0.1) is 18.8 Å². The lowest BCUT2D eigenvalue weighted by Gasteiger charge is -2.36. The fourth-order valence-electron chi connectivity index (χ4n) is 4.47. The highest BCUT2D eigenvalue weighted by molar-refractivity contribution is 7.15. The number of halogens is 4. The van der Waals surface area contributed by atoms with E-state index in [0.717, 1.165) is 29.2 Å². The number of rotatable bonds is 7. The fraction of sp³-hybridized carbons (Fsp3) is 0.417. The number of carbonyl (C=O) groups is 1. The number of aromatic nitrogens is 3. The highest BCUT2D eigenvalue weighted by atomic mass is 32.1. The quantitative estimate of drug-likeness (QED) is 0.339. The van der Waals surface area contributed by atoms with Crippen molar-refractivity contribution in [1.82, 2.24) is 15.0 Å². The molecule has 1 saturated carbocycles. The van der Waals surface area contributed by atoms with Gasteiger partial charge in [-0.2, -0.15) is 13.2 Å². The van der Waals surface area contributed by atoms with E-state index in [9.17, 15) is 32.6 Å². The molecule has 3 N–H and O–H groups in total. The first kappa shape index (κ1) is 26.0. The molecule has 1 atom stereocenters. The van der Waals surface area contributed by atoms with Crippen LogP contribution in [-0.2, 0) is 16.6 Å². The lowest BCUT2D eigenvalue weighted by Crippen LogP contribution is -2.40. The summed E-state index contributed by atoms with van der Waals surface area (Å²) >= 11 is 1.12. The third kappa shape index (κ3) is 5.49. The summed E-state index contributed by atoms with van der Waals surface area (Å²) < 4.78 is 53.1. The first-order valence-corrected chi connectivity index (χ1v) is 12.1. The van der Waals surface area contributed by atoms with Crippen molar-refractivity contribution in [2.75, 3.05) is 12.0 Å². The third-order valence-electron chi connectivity index (χ3n) is 6.40. The predicted octanol–water partition coefficient (Wildman–Crippen LogP) is 5.72. The first-order valence-electron chi connectivity index (χ1n) is 11.3. The van der Waals surface area contributed by atoms with Crippen LogP contribution in [0.3, 0.4) is 0 Å². The molecule has 2 aromatic heterocycles. The Labute approximate surface area is 208 Å². The number of hydrogen-bond donors (Lipinski definition) is 3. The maximum Gasteiger partial charge on any atom is 0.433 e. The molecule has 36 heavy (non-hydrogen) atoms. The number of hydrogen-bond acceptors (Lipinski definition) is 7. The lowest BCUT2D eigenvalue weighted by molar-refractivity contribution is -0.144. The molecule has 7 nitrogen and oxygen atoms in total. The molecule has 3 aromatic rings. The number of nitrogens with one attached hydrogen (secondary N) is 1. The van der Waals surface area contributed by atoms with Gasteiger partial charge in [-0.3, -0.25) is 4.79 Å². The second kappa shape index (κ2) is 10.1. The number of aliphatic hydroxyl groups is 1. The minimum atomic E-state index is -4.60. The van der Waals surface area contributed by atoms with E-state index in [0.29, 0.717) is 41.8 Å². The smallest absolute Gasteiger partial charge is 0.433 e. The van der Waals surface area contributed by atoms with E-state index >= 15 is 0 Å². The van der Waals surface area contributed by atoms with Gasteiger partial charge in [0.1, 0.15) is 23.0 Å². The van der Waals surface area contributed by atoms with Gasteiger partial charge in [-0.1, -0.05) is 6.07 Å². The largest absolute Gasteiger partial charge is 0.481 e. The zero-order valence-corrected chi connectivity index (χ0v) is 20.0. The molecular weight excluding hydrogens is 500 g/mol. The molecule has 1 aliphatic rings. The number of anilines is 2. The van der Waals surface area contributed by atoms with Crippen molar-refractivity contribution in [3.63, 3.8) is 0 Å². The highest BCUT2D eigenvalue weighted by Crippen LogP contribution is 2.44. The number of benzene rings is 1.